The zero-order valence-corrected chi connectivity index (χ0v) is 12.1. The summed E-state index contributed by atoms with van der Waals surface area (Å²) >= 11 is 0. The Balaban J connectivity index is 2.17. The Hall–Kier alpha value is -1.59. The molecule has 2 N–H and O–H groups in total. The van der Waals surface area contributed by atoms with Crippen molar-refractivity contribution in [2.45, 2.75) is 12.8 Å². The summed E-state index contributed by atoms with van der Waals surface area (Å²) in [6.07, 6.45) is 1.37. The summed E-state index contributed by atoms with van der Waals surface area (Å²) in [5, 5.41) is 0. The molecule has 1 aromatic carbocycles. The average molecular weight is 278 g/mol. The first-order chi connectivity index (χ1) is 9.63. The summed E-state index contributed by atoms with van der Waals surface area (Å²) in [4.78, 5) is 14.4. The third-order valence-electron chi connectivity index (χ3n) is 4.06. The van der Waals surface area contributed by atoms with E-state index in [4.69, 9.17) is 15.2 Å². The van der Waals surface area contributed by atoms with E-state index >= 15 is 0 Å². The molecule has 1 heterocycles. The number of methoxy groups -OCH3 is 1. The van der Waals surface area contributed by atoms with Crippen LogP contribution in [-0.4, -0.2) is 39.8 Å². The van der Waals surface area contributed by atoms with Gasteiger partial charge in [0.1, 0.15) is 5.75 Å². The normalized spacial score (nSPS) is 17.6. The highest BCUT2D eigenvalue weighted by molar-refractivity contribution is 5.97. The van der Waals surface area contributed by atoms with Crippen molar-refractivity contribution in [3.63, 3.8) is 0 Å². The largest absolute Gasteiger partial charge is 0.497 e. The summed E-state index contributed by atoms with van der Waals surface area (Å²) in [5.74, 6) is 0.836. The number of nitrogens with two attached hydrogens (primary N) is 1. The molecule has 1 aromatic rings. The molecule has 2 rings (SSSR count). The Kier molecular flexibility index (Phi) is 4.62. The molecule has 1 amide bonds. The molecule has 1 aliphatic heterocycles. The van der Waals surface area contributed by atoms with Crippen LogP contribution < -0.4 is 15.4 Å². The van der Waals surface area contributed by atoms with E-state index in [1.165, 1.54) is 0 Å². The Morgan fingerprint density at radius 1 is 1.35 bits per heavy atom. The standard InChI is InChI=1S/C15H22N2O3/c1-17(12-3-5-13(19-2)6-4-12)14(18)15(11-16)7-9-20-10-8-15/h3-6H,7-11,16H2,1-2H3. The van der Waals surface area contributed by atoms with Crippen LogP contribution >= 0.6 is 0 Å². The highest BCUT2D eigenvalue weighted by Crippen LogP contribution is 2.33. The van der Waals surface area contributed by atoms with Gasteiger partial charge in [-0.05, 0) is 37.1 Å². The number of carbonyl (C=O) groups excluding carboxylic acids is 1. The van der Waals surface area contributed by atoms with Crippen LogP contribution in [-0.2, 0) is 9.53 Å². The number of amides is 1. The van der Waals surface area contributed by atoms with E-state index in [-0.39, 0.29) is 5.91 Å². The van der Waals surface area contributed by atoms with Crippen molar-refractivity contribution in [3.8, 4) is 5.75 Å². The molecule has 0 unspecified atom stereocenters. The minimum atomic E-state index is -0.493. The van der Waals surface area contributed by atoms with Crippen molar-refractivity contribution < 1.29 is 14.3 Å². The van der Waals surface area contributed by atoms with Gasteiger partial charge in [0.2, 0.25) is 5.91 Å². The van der Waals surface area contributed by atoms with Crippen LogP contribution in [0.5, 0.6) is 5.75 Å². The van der Waals surface area contributed by atoms with E-state index in [9.17, 15) is 4.79 Å². The van der Waals surface area contributed by atoms with Crippen molar-refractivity contribution in [1.29, 1.82) is 0 Å². The maximum Gasteiger partial charge on any atom is 0.234 e. The maximum absolute atomic E-state index is 12.8. The number of rotatable bonds is 4. The Labute approximate surface area is 119 Å². The summed E-state index contributed by atoms with van der Waals surface area (Å²) in [7, 11) is 3.41. The predicted octanol–water partition coefficient (Wildman–Crippen LogP) is 1.41. The molecule has 20 heavy (non-hydrogen) atoms. The van der Waals surface area contributed by atoms with Gasteiger partial charge in [-0.1, -0.05) is 0 Å². The molecule has 110 valence electrons. The molecule has 0 atom stereocenters. The molecule has 1 fully saturated rings. The number of benzene rings is 1. The van der Waals surface area contributed by atoms with Gasteiger partial charge in [0.05, 0.1) is 12.5 Å². The van der Waals surface area contributed by atoms with E-state index in [0.717, 1.165) is 11.4 Å². The van der Waals surface area contributed by atoms with Crippen molar-refractivity contribution in [2.24, 2.45) is 11.1 Å². The fraction of sp³-hybridized carbons (Fsp3) is 0.533. The fourth-order valence-corrected chi connectivity index (χ4v) is 2.55. The molecule has 0 saturated carbocycles. The zero-order valence-electron chi connectivity index (χ0n) is 12.1. The predicted molar refractivity (Wildman–Crippen MR) is 77.9 cm³/mol. The smallest absolute Gasteiger partial charge is 0.234 e. The molecular formula is C15H22N2O3. The number of nitrogens with zero attached hydrogens (tertiary/aromatic N) is 1. The minimum Gasteiger partial charge on any atom is -0.497 e. The van der Waals surface area contributed by atoms with Crippen molar-refractivity contribution in [2.75, 3.05) is 38.8 Å². The lowest BCUT2D eigenvalue weighted by atomic mass is 9.79. The first kappa shape index (κ1) is 14.8. The topological polar surface area (TPSA) is 64.8 Å². The summed E-state index contributed by atoms with van der Waals surface area (Å²) in [5.41, 5.74) is 6.23. The zero-order chi connectivity index (χ0) is 14.6. The van der Waals surface area contributed by atoms with Gasteiger partial charge < -0.3 is 20.1 Å². The molecule has 1 saturated heterocycles. The van der Waals surface area contributed by atoms with Gasteiger partial charge in [0.15, 0.2) is 0 Å². The van der Waals surface area contributed by atoms with Crippen LogP contribution in [0.3, 0.4) is 0 Å². The Morgan fingerprint density at radius 2 is 1.95 bits per heavy atom. The first-order valence-electron chi connectivity index (χ1n) is 6.83. The highest BCUT2D eigenvalue weighted by atomic mass is 16.5. The van der Waals surface area contributed by atoms with Crippen LogP contribution in [0.25, 0.3) is 0 Å². The number of anilines is 1. The lowest BCUT2D eigenvalue weighted by molar-refractivity contribution is -0.132. The quantitative estimate of drug-likeness (QED) is 0.904. The van der Waals surface area contributed by atoms with E-state index in [1.807, 2.05) is 24.3 Å². The van der Waals surface area contributed by atoms with Crippen LogP contribution in [0.2, 0.25) is 0 Å². The Morgan fingerprint density at radius 3 is 2.45 bits per heavy atom. The van der Waals surface area contributed by atoms with Crippen LogP contribution in [0, 0.1) is 5.41 Å². The second-order valence-electron chi connectivity index (χ2n) is 5.16. The third-order valence-corrected chi connectivity index (χ3v) is 4.06. The minimum absolute atomic E-state index is 0.0634. The SMILES string of the molecule is COc1ccc(N(C)C(=O)C2(CN)CCOCC2)cc1. The molecule has 0 aliphatic carbocycles. The van der Waals surface area contributed by atoms with Gasteiger partial charge >= 0.3 is 0 Å². The first-order valence-corrected chi connectivity index (χ1v) is 6.83. The molecule has 5 nitrogen and oxygen atoms in total. The molecule has 0 bridgehead atoms. The van der Waals surface area contributed by atoms with E-state index in [1.54, 1.807) is 19.1 Å². The van der Waals surface area contributed by atoms with Gasteiger partial charge in [-0.25, -0.2) is 0 Å². The average Bonchev–Trinajstić information content (AvgIpc) is 2.54. The van der Waals surface area contributed by atoms with E-state index < -0.39 is 5.41 Å². The lowest BCUT2D eigenvalue weighted by Gasteiger charge is -2.37. The van der Waals surface area contributed by atoms with Gasteiger partial charge in [0, 0.05) is 32.5 Å². The van der Waals surface area contributed by atoms with Crippen molar-refractivity contribution in [3.05, 3.63) is 24.3 Å². The molecular weight excluding hydrogens is 256 g/mol. The van der Waals surface area contributed by atoms with Gasteiger partial charge in [0.25, 0.3) is 0 Å². The van der Waals surface area contributed by atoms with Crippen LogP contribution in [0.4, 0.5) is 5.69 Å². The van der Waals surface area contributed by atoms with E-state index in [0.29, 0.717) is 32.6 Å². The number of hydrogen-bond donors (Lipinski definition) is 1. The van der Waals surface area contributed by atoms with Crippen LogP contribution in [0.1, 0.15) is 12.8 Å². The van der Waals surface area contributed by atoms with Gasteiger partial charge in [-0.15, -0.1) is 0 Å². The fourth-order valence-electron chi connectivity index (χ4n) is 2.55. The summed E-state index contributed by atoms with van der Waals surface area (Å²) in [6.45, 7) is 1.55. The van der Waals surface area contributed by atoms with Gasteiger partial charge in [-0.3, -0.25) is 4.79 Å². The molecule has 1 aliphatic rings. The number of ether oxygens (including phenoxy) is 2. The molecule has 0 spiro atoms. The summed E-state index contributed by atoms with van der Waals surface area (Å²) < 4.78 is 10.5. The van der Waals surface area contributed by atoms with Crippen LogP contribution in [0.15, 0.2) is 24.3 Å². The number of hydrogen-bond acceptors (Lipinski definition) is 4. The third kappa shape index (κ3) is 2.78. The van der Waals surface area contributed by atoms with Gasteiger partial charge in [-0.2, -0.15) is 0 Å². The maximum atomic E-state index is 12.8. The summed E-state index contributed by atoms with van der Waals surface area (Å²) in [6, 6.07) is 7.44. The number of carbonyl (C=O) groups is 1. The highest BCUT2D eigenvalue weighted by Gasteiger charge is 2.40. The van der Waals surface area contributed by atoms with Crippen molar-refractivity contribution in [1.82, 2.24) is 0 Å². The molecule has 0 radical (unpaired) electrons. The second kappa shape index (κ2) is 6.24. The van der Waals surface area contributed by atoms with Crippen molar-refractivity contribution >= 4 is 11.6 Å². The second-order valence-corrected chi connectivity index (χ2v) is 5.16. The molecule has 0 aromatic heterocycles. The lowest BCUT2D eigenvalue weighted by Crippen LogP contribution is -2.49. The van der Waals surface area contributed by atoms with E-state index in [2.05, 4.69) is 0 Å². The molecule has 5 heteroatoms. The Bertz CT molecular complexity index is 453. The monoisotopic (exact) mass is 278 g/mol.